The summed E-state index contributed by atoms with van der Waals surface area (Å²) in [6, 6.07) is 11.1. The molecule has 0 radical (unpaired) electrons. The molecule has 1 heterocycles. The van der Waals surface area contributed by atoms with Crippen molar-refractivity contribution >= 4 is 23.8 Å². The lowest BCUT2D eigenvalue weighted by molar-refractivity contribution is -0.141. The number of benzene rings is 2. The standard InChI is InChI=1S/C19H15NO6/c1-11(21)26-13-8-6-12(7-9-13)10-16(19(24)25)20-17(22)14-4-2-3-5-15(14)18(20)23/h2-9,16H,10H2,1H3,(H,24,25)/t16-/m1/s1. The molecular weight excluding hydrogens is 338 g/mol. The van der Waals surface area contributed by atoms with E-state index >= 15 is 0 Å². The number of esters is 1. The van der Waals surface area contributed by atoms with Gasteiger partial charge in [0.05, 0.1) is 11.1 Å². The van der Waals surface area contributed by atoms with Crippen molar-refractivity contribution in [3.05, 3.63) is 65.2 Å². The van der Waals surface area contributed by atoms with Crippen molar-refractivity contribution in [2.24, 2.45) is 0 Å². The van der Waals surface area contributed by atoms with Crippen LogP contribution >= 0.6 is 0 Å². The van der Waals surface area contributed by atoms with Gasteiger partial charge in [0, 0.05) is 13.3 Å². The van der Waals surface area contributed by atoms with E-state index in [9.17, 15) is 24.3 Å². The van der Waals surface area contributed by atoms with Gasteiger partial charge >= 0.3 is 11.9 Å². The third kappa shape index (κ3) is 3.19. The van der Waals surface area contributed by atoms with Gasteiger partial charge in [-0.15, -0.1) is 0 Å². The van der Waals surface area contributed by atoms with Crippen LogP contribution in [0.25, 0.3) is 0 Å². The molecule has 7 nitrogen and oxygen atoms in total. The molecule has 7 heteroatoms. The number of carbonyl (C=O) groups excluding carboxylic acids is 3. The smallest absolute Gasteiger partial charge is 0.327 e. The van der Waals surface area contributed by atoms with E-state index in [4.69, 9.17) is 4.74 Å². The van der Waals surface area contributed by atoms with Crippen LogP contribution < -0.4 is 4.74 Å². The summed E-state index contributed by atoms with van der Waals surface area (Å²) in [6.07, 6.45) is -0.0544. The Morgan fingerprint density at radius 1 is 1.00 bits per heavy atom. The minimum Gasteiger partial charge on any atom is -0.480 e. The molecule has 2 aromatic carbocycles. The molecule has 0 unspecified atom stereocenters. The highest BCUT2D eigenvalue weighted by atomic mass is 16.5. The van der Waals surface area contributed by atoms with Crippen molar-refractivity contribution in [3.63, 3.8) is 0 Å². The van der Waals surface area contributed by atoms with Crippen LogP contribution in [-0.4, -0.2) is 39.8 Å². The topological polar surface area (TPSA) is 101 Å². The first-order chi connectivity index (χ1) is 12.4. The maximum atomic E-state index is 12.5. The molecule has 0 aliphatic carbocycles. The van der Waals surface area contributed by atoms with Gasteiger partial charge in [-0.05, 0) is 29.8 Å². The Labute approximate surface area is 148 Å². The van der Waals surface area contributed by atoms with Crippen LogP contribution in [0.3, 0.4) is 0 Å². The molecule has 0 saturated heterocycles. The van der Waals surface area contributed by atoms with Crippen LogP contribution in [0, 0.1) is 0 Å². The Morgan fingerprint density at radius 3 is 2.00 bits per heavy atom. The van der Waals surface area contributed by atoms with E-state index in [1.807, 2.05) is 0 Å². The number of ether oxygens (including phenoxy) is 1. The van der Waals surface area contributed by atoms with Gasteiger partial charge in [0.15, 0.2) is 0 Å². The Kier molecular flexibility index (Phi) is 4.53. The van der Waals surface area contributed by atoms with Gasteiger partial charge in [0.1, 0.15) is 11.8 Å². The highest BCUT2D eigenvalue weighted by molar-refractivity contribution is 6.22. The lowest BCUT2D eigenvalue weighted by Crippen LogP contribution is -2.46. The summed E-state index contributed by atoms with van der Waals surface area (Å²) >= 11 is 0. The lowest BCUT2D eigenvalue weighted by atomic mass is 10.0. The van der Waals surface area contributed by atoms with Crippen molar-refractivity contribution in [3.8, 4) is 5.75 Å². The Hall–Kier alpha value is -3.48. The Bertz CT molecular complexity index is 868. The van der Waals surface area contributed by atoms with E-state index < -0.39 is 29.8 Å². The van der Waals surface area contributed by atoms with Crippen LogP contribution in [-0.2, 0) is 16.0 Å². The number of nitrogens with zero attached hydrogens (tertiary/aromatic N) is 1. The molecule has 0 spiro atoms. The van der Waals surface area contributed by atoms with E-state index in [0.717, 1.165) is 4.90 Å². The zero-order valence-corrected chi connectivity index (χ0v) is 13.8. The largest absolute Gasteiger partial charge is 0.480 e. The normalized spacial score (nSPS) is 14.1. The minimum atomic E-state index is -1.33. The molecule has 2 amide bonds. The average molecular weight is 353 g/mol. The van der Waals surface area contributed by atoms with Crippen LogP contribution in [0.1, 0.15) is 33.2 Å². The summed E-state index contributed by atoms with van der Waals surface area (Å²) in [5.74, 6) is -2.64. The van der Waals surface area contributed by atoms with E-state index in [1.165, 1.54) is 31.2 Å². The first kappa shape index (κ1) is 17.3. The number of hydrogen-bond acceptors (Lipinski definition) is 5. The molecule has 1 aliphatic rings. The molecule has 26 heavy (non-hydrogen) atoms. The van der Waals surface area contributed by atoms with Crippen molar-refractivity contribution in [2.45, 2.75) is 19.4 Å². The number of carboxylic acid groups (broad SMARTS) is 1. The summed E-state index contributed by atoms with van der Waals surface area (Å²) < 4.78 is 4.92. The number of carbonyl (C=O) groups is 4. The molecule has 2 aromatic rings. The minimum absolute atomic E-state index is 0.0544. The summed E-state index contributed by atoms with van der Waals surface area (Å²) in [7, 11) is 0. The second-order valence-electron chi connectivity index (χ2n) is 5.82. The molecule has 1 atom stereocenters. The van der Waals surface area contributed by atoms with Crippen molar-refractivity contribution in [1.29, 1.82) is 0 Å². The van der Waals surface area contributed by atoms with Gasteiger partial charge in [-0.25, -0.2) is 4.79 Å². The van der Waals surface area contributed by atoms with Gasteiger partial charge in [-0.3, -0.25) is 19.3 Å². The maximum absolute atomic E-state index is 12.5. The van der Waals surface area contributed by atoms with E-state index in [-0.39, 0.29) is 17.5 Å². The quantitative estimate of drug-likeness (QED) is 0.500. The third-order valence-electron chi connectivity index (χ3n) is 4.04. The fraction of sp³-hybridized carbons (Fsp3) is 0.158. The van der Waals surface area contributed by atoms with Crippen molar-refractivity contribution < 1.29 is 29.0 Å². The number of hydrogen-bond donors (Lipinski definition) is 1. The number of carboxylic acids is 1. The molecule has 0 aromatic heterocycles. The highest BCUT2D eigenvalue weighted by Crippen LogP contribution is 2.26. The van der Waals surface area contributed by atoms with Gasteiger partial charge in [0.2, 0.25) is 0 Å². The zero-order valence-electron chi connectivity index (χ0n) is 13.8. The van der Waals surface area contributed by atoms with Gasteiger partial charge in [-0.1, -0.05) is 24.3 Å². The predicted molar refractivity (Wildman–Crippen MR) is 89.8 cm³/mol. The van der Waals surface area contributed by atoms with Crippen LogP contribution in [0.5, 0.6) is 5.75 Å². The second kappa shape index (κ2) is 6.79. The summed E-state index contributed by atoms with van der Waals surface area (Å²) in [5, 5.41) is 9.57. The van der Waals surface area contributed by atoms with E-state index in [1.54, 1.807) is 24.3 Å². The van der Waals surface area contributed by atoms with Crippen LogP contribution in [0.15, 0.2) is 48.5 Å². The lowest BCUT2D eigenvalue weighted by Gasteiger charge is -2.22. The molecule has 0 fully saturated rings. The molecule has 1 N–H and O–H groups in total. The van der Waals surface area contributed by atoms with Gasteiger partial charge in [-0.2, -0.15) is 0 Å². The van der Waals surface area contributed by atoms with Gasteiger partial charge < -0.3 is 9.84 Å². The molecule has 0 bridgehead atoms. The molecule has 1 aliphatic heterocycles. The number of imide groups is 1. The van der Waals surface area contributed by atoms with Crippen molar-refractivity contribution in [2.75, 3.05) is 0 Å². The fourth-order valence-electron chi connectivity index (χ4n) is 2.86. The molecule has 0 saturated carbocycles. The third-order valence-corrected chi connectivity index (χ3v) is 4.04. The monoisotopic (exact) mass is 353 g/mol. The number of fused-ring (bicyclic) bond motifs is 1. The van der Waals surface area contributed by atoms with Crippen molar-refractivity contribution in [1.82, 2.24) is 4.90 Å². The number of amides is 2. The summed E-state index contributed by atoms with van der Waals surface area (Å²) in [5.41, 5.74) is 0.993. The van der Waals surface area contributed by atoms with Crippen LogP contribution in [0.2, 0.25) is 0 Å². The van der Waals surface area contributed by atoms with E-state index in [2.05, 4.69) is 0 Å². The fourth-order valence-corrected chi connectivity index (χ4v) is 2.86. The summed E-state index contributed by atoms with van der Waals surface area (Å²) in [4.78, 5) is 48.5. The maximum Gasteiger partial charge on any atom is 0.327 e. The predicted octanol–water partition coefficient (Wildman–Crippen LogP) is 1.90. The highest BCUT2D eigenvalue weighted by Gasteiger charge is 2.42. The molecular formula is C19H15NO6. The Morgan fingerprint density at radius 2 is 1.54 bits per heavy atom. The number of aliphatic carboxylic acids is 1. The molecule has 3 rings (SSSR count). The number of rotatable bonds is 5. The van der Waals surface area contributed by atoms with Crippen LogP contribution in [0.4, 0.5) is 0 Å². The average Bonchev–Trinajstić information content (AvgIpc) is 2.85. The summed E-state index contributed by atoms with van der Waals surface area (Å²) in [6.45, 7) is 1.27. The Balaban J connectivity index is 1.85. The SMILES string of the molecule is CC(=O)Oc1ccc(C[C@H](C(=O)O)N2C(=O)c3ccccc3C2=O)cc1. The van der Waals surface area contributed by atoms with E-state index in [0.29, 0.717) is 11.3 Å². The van der Waals surface area contributed by atoms with Gasteiger partial charge in [0.25, 0.3) is 11.8 Å². The first-order valence-corrected chi connectivity index (χ1v) is 7.85. The second-order valence-corrected chi connectivity index (χ2v) is 5.82. The molecule has 132 valence electrons. The first-order valence-electron chi connectivity index (χ1n) is 7.85. The zero-order chi connectivity index (χ0) is 18.8.